The molecule has 0 N–H and O–H groups in total. The van der Waals surface area contributed by atoms with E-state index in [0.717, 1.165) is 18.7 Å². The van der Waals surface area contributed by atoms with Gasteiger partial charge in [-0.3, -0.25) is 4.90 Å². The molecular weight excluding hydrogens is 325 g/mol. The summed E-state index contributed by atoms with van der Waals surface area (Å²) in [6, 6.07) is 15.8. The Morgan fingerprint density at radius 1 is 0.885 bits per heavy atom. The van der Waals surface area contributed by atoms with Crippen molar-refractivity contribution in [3.63, 3.8) is 0 Å². The molecule has 26 heavy (non-hydrogen) atoms. The summed E-state index contributed by atoms with van der Waals surface area (Å²) < 4.78 is 18.7. The summed E-state index contributed by atoms with van der Waals surface area (Å²) in [5.41, 5.74) is 3.95. The third kappa shape index (κ3) is 4.52. The summed E-state index contributed by atoms with van der Waals surface area (Å²) in [4.78, 5) is 2.55. The molecule has 1 heterocycles. The van der Waals surface area contributed by atoms with Crippen molar-refractivity contribution in [1.29, 1.82) is 0 Å². The molecule has 3 heteroatoms. The van der Waals surface area contributed by atoms with Gasteiger partial charge in [0.2, 0.25) is 0 Å². The largest absolute Gasteiger partial charge is 0.376 e. The van der Waals surface area contributed by atoms with Crippen LogP contribution in [0.3, 0.4) is 0 Å². The van der Waals surface area contributed by atoms with Gasteiger partial charge in [-0.25, -0.2) is 4.39 Å². The molecule has 1 aliphatic heterocycles. The Morgan fingerprint density at radius 2 is 1.54 bits per heavy atom. The normalized spacial score (nSPS) is 23.1. The molecule has 0 atom stereocenters. The Morgan fingerprint density at radius 3 is 2.23 bits per heavy atom. The predicted octanol–water partition coefficient (Wildman–Crippen LogP) is 5.13. The van der Waals surface area contributed by atoms with E-state index in [-0.39, 0.29) is 5.82 Å². The first-order valence-electron chi connectivity index (χ1n) is 9.89. The lowest BCUT2D eigenvalue weighted by molar-refractivity contribution is 0.0508. The van der Waals surface area contributed by atoms with Crippen molar-refractivity contribution in [3.8, 4) is 0 Å². The Hall–Kier alpha value is -1.71. The fourth-order valence-corrected chi connectivity index (χ4v) is 4.16. The van der Waals surface area contributed by atoms with Gasteiger partial charge >= 0.3 is 0 Å². The molecule has 1 aliphatic carbocycles. The van der Waals surface area contributed by atoms with Crippen molar-refractivity contribution < 1.29 is 9.13 Å². The second kappa shape index (κ2) is 8.32. The SMILES string of the molecule is Fc1ccc(COCC2CC(c3ccc(CN4CCCC4)cc3)C2)cc1. The predicted molar refractivity (Wildman–Crippen MR) is 102 cm³/mol. The molecule has 1 saturated heterocycles. The third-order valence-electron chi connectivity index (χ3n) is 5.83. The van der Waals surface area contributed by atoms with Crippen LogP contribution >= 0.6 is 0 Å². The van der Waals surface area contributed by atoms with E-state index >= 15 is 0 Å². The zero-order chi connectivity index (χ0) is 17.8. The van der Waals surface area contributed by atoms with Gasteiger partial charge in [-0.15, -0.1) is 0 Å². The highest BCUT2D eigenvalue weighted by Gasteiger charge is 2.30. The first-order chi connectivity index (χ1) is 12.8. The molecule has 0 radical (unpaired) electrons. The number of halogens is 1. The molecule has 2 aromatic carbocycles. The quantitative estimate of drug-likeness (QED) is 0.684. The Labute approximate surface area is 156 Å². The van der Waals surface area contributed by atoms with Crippen molar-refractivity contribution >= 4 is 0 Å². The van der Waals surface area contributed by atoms with Gasteiger partial charge in [-0.1, -0.05) is 36.4 Å². The Bertz CT molecular complexity index is 685. The van der Waals surface area contributed by atoms with Crippen LogP contribution in [0.5, 0.6) is 0 Å². The second-order valence-corrected chi connectivity index (χ2v) is 7.90. The van der Waals surface area contributed by atoms with Gasteiger partial charge in [0, 0.05) is 13.2 Å². The van der Waals surface area contributed by atoms with Crippen LogP contribution in [0.25, 0.3) is 0 Å². The molecular formula is C23H28FNO. The summed E-state index contributed by atoms with van der Waals surface area (Å²) in [5, 5.41) is 0. The monoisotopic (exact) mass is 353 g/mol. The lowest BCUT2D eigenvalue weighted by Gasteiger charge is -2.35. The van der Waals surface area contributed by atoms with E-state index in [9.17, 15) is 4.39 Å². The van der Waals surface area contributed by atoms with Gasteiger partial charge in [0.15, 0.2) is 0 Å². The fourth-order valence-electron chi connectivity index (χ4n) is 4.16. The van der Waals surface area contributed by atoms with Crippen LogP contribution in [-0.4, -0.2) is 24.6 Å². The molecule has 0 spiro atoms. The first kappa shape index (κ1) is 17.7. The number of hydrogen-bond donors (Lipinski definition) is 0. The molecule has 138 valence electrons. The van der Waals surface area contributed by atoms with Crippen molar-refractivity contribution in [1.82, 2.24) is 4.90 Å². The van der Waals surface area contributed by atoms with Crippen LogP contribution in [0.4, 0.5) is 4.39 Å². The third-order valence-corrected chi connectivity index (χ3v) is 5.83. The topological polar surface area (TPSA) is 12.5 Å². The lowest BCUT2D eigenvalue weighted by atomic mass is 9.72. The second-order valence-electron chi connectivity index (χ2n) is 7.90. The summed E-state index contributed by atoms with van der Waals surface area (Å²) in [6.07, 6.45) is 5.14. The number of hydrogen-bond acceptors (Lipinski definition) is 2. The molecule has 2 aliphatic rings. The average Bonchev–Trinajstić information content (AvgIpc) is 3.13. The average molecular weight is 353 g/mol. The maximum absolute atomic E-state index is 12.9. The highest BCUT2D eigenvalue weighted by molar-refractivity contribution is 5.27. The van der Waals surface area contributed by atoms with Gasteiger partial charge in [-0.2, -0.15) is 0 Å². The van der Waals surface area contributed by atoms with Gasteiger partial charge in [-0.05, 0) is 79.4 Å². The molecule has 0 amide bonds. The lowest BCUT2D eigenvalue weighted by Crippen LogP contribution is -2.26. The number of likely N-dealkylation sites (tertiary alicyclic amines) is 1. The van der Waals surface area contributed by atoms with Crippen LogP contribution in [0.15, 0.2) is 48.5 Å². The molecule has 0 unspecified atom stereocenters. The van der Waals surface area contributed by atoms with Crippen LogP contribution in [0, 0.1) is 11.7 Å². The smallest absolute Gasteiger partial charge is 0.123 e. The molecule has 2 nitrogen and oxygen atoms in total. The van der Waals surface area contributed by atoms with E-state index in [1.807, 2.05) is 0 Å². The Balaban J connectivity index is 1.17. The maximum Gasteiger partial charge on any atom is 0.123 e. The van der Waals surface area contributed by atoms with E-state index in [0.29, 0.717) is 18.4 Å². The summed E-state index contributed by atoms with van der Waals surface area (Å²) in [5.74, 6) is 1.15. The minimum atomic E-state index is -0.193. The van der Waals surface area contributed by atoms with E-state index in [1.165, 1.54) is 62.0 Å². The molecule has 0 aromatic heterocycles. The van der Waals surface area contributed by atoms with Gasteiger partial charge < -0.3 is 4.74 Å². The number of rotatable bonds is 7. The van der Waals surface area contributed by atoms with Gasteiger partial charge in [0.25, 0.3) is 0 Å². The highest BCUT2D eigenvalue weighted by Crippen LogP contribution is 2.41. The standard InChI is InChI=1S/C23H28FNO/c24-23-9-5-19(6-10-23)16-26-17-20-13-22(14-20)21-7-3-18(4-8-21)15-25-11-1-2-12-25/h3-10,20,22H,1-2,11-17H2. The van der Waals surface area contributed by atoms with E-state index in [4.69, 9.17) is 4.74 Å². The van der Waals surface area contributed by atoms with Crippen molar-refractivity contribution in [2.75, 3.05) is 19.7 Å². The summed E-state index contributed by atoms with van der Waals surface area (Å²) in [6.45, 7) is 4.99. The van der Waals surface area contributed by atoms with Gasteiger partial charge in [0.05, 0.1) is 6.61 Å². The van der Waals surface area contributed by atoms with E-state index < -0.39 is 0 Å². The van der Waals surface area contributed by atoms with Crippen molar-refractivity contribution in [2.24, 2.45) is 5.92 Å². The molecule has 1 saturated carbocycles. The highest BCUT2D eigenvalue weighted by atomic mass is 19.1. The molecule has 4 rings (SSSR count). The van der Waals surface area contributed by atoms with E-state index in [2.05, 4.69) is 29.2 Å². The number of benzene rings is 2. The van der Waals surface area contributed by atoms with Crippen LogP contribution in [-0.2, 0) is 17.9 Å². The van der Waals surface area contributed by atoms with Gasteiger partial charge in [0.1, 0.15) is 5.82 Å². The van der Waals surface area contributed by atoms with Crippen LogP contribution in [0.1, 0.15) is 48.3 Å². The Kier molecular flexibility index (Phi) is 5.66. The minimum absolute atomic E-state index is 0.193. The first-order valence-corrected chi connectivity index (χ1v) is 9.89. The number of ether oxygens (including phenoxy) is 1. The summed E-state index contributed by atoms with van der Waals surface area (Å²) >= 11 is 0. The maximum atomic E-state index is 12.9. The van der Waals surface area contributed by atoms with E-state index in [1.54, 1.807) is 12.1 Å². The van der Waals surface area contributed by atoms with Crippen molar-refractivity contribution in [2.45, 2.75) is 44.8 Å². The van der Waals surface area contributed by atoms with Crippen LogP contribution in [0.2, 0.25) is 0 Å². The fraction of sp³-hybridized carbons (Fsp3) is 0.478. The van der Waals surface area contributed by atoms with Crippen molar-refractivity contribution in [3.05, 3.63) is 71.0 Å². The molecule has 2 aromatic rings. The molecule has 2 fully saturated rings. The zero-order valence-electron chi connectivity index (χ0n) is 15.4. The van der Waals surface area contributed by atoms with Crippen LogP contribution < -0.4 is 0 Å². The minimum Gasteiger partial charge on any atom is -0.376 e. The number of nitrogens with zero attached hydrogens (tertiary/aromatic N) is 1. The summed E-state index contributed by atoms with van der Waals surface area (Å²) in [7, 11) is 0. The molecule has 0 bridgehead atoms. The zero-order valence-corrected chi connectivity index (χ0v) is 15.4.